The van der Waals surface area contributed by atoms with E-state index >= 15 is 0 Å². The molecular weight excluding hydrogens is 380 g/mol. The van der Waals surface area contributed by atoms with E-state index in [9.17, 15) is 4.79 Å². The van der Waals surface area contributed by atoms with Gasteiger partial charge in [0.15, 0.2) is 0 Å². The van der Waals surface area contributed by atoms with Gasteiger partial charge in [-0.1, -0.05) is 52.9 Å². The summed E-state index contributed by atoms with van der Waals surface area (Å²) in [6.45, 7) is 10.8. The summed E-state index contributed by atoms with van der Waals surface area (Å²) in [7, 11) is -0.669. The van der Waals surface area contributed by atoms with Crippen LogP contribution in [0.25, 0.3) is 0 Å². The van der Waals surface area contributed by atoms with E-state index < -0.39 is 9.04 Å². The number of rotatable bonds is 10. The number of hydrogen-bond donors (Lipinski definition) is 0. The zero-order valence-corrected chi connectivity index (χ0v) is 21.0. The summed E-state index contributed by atoms with van der Waals surface area (Å²) in [5, 5.41) is 0. The summed E-state index contributed by atoms with van der Waals surface area (Å²) in [4.78, 5) is 12.9. The van der Waals surface area contributed by atoms with Crippen molar-refractivity contribution in [2.45, 2.75) is 122 Å². The average molecular weight is 424 g/mol. The molecule has 0 aromatic carbocycles. The molecule has 0 N–H and O–H groups in total. The zero-order valence-electron chi connectivity index (χ0n) is 19.0. The molecule has 1 atom stereocenters. The molecule has 161 valence electrons. The van der Waals surface area contributed by atoms with Gasteiger partial charge < -0.3 is 8.85 Å². The Balaban J connectivity index is 1.91. The molecule has 0 heterocycles. The van der Waals surface area contributed by atoms with Gasteiger partial charge in [0.25, 0.3) is 15.0 Å². The van der Waals surface area contributed by atoms with E-state index in [1.165, 1.54) is 64.2 Å². The first-order valence-electron chi connectivity index (χ1n) is 11.8. The summed E-state index contributed by atoms with van der Waals surface area (Å²) in [6, 6.07) is 0.804. The lowest BCUT2D eigenvalue weighted by Gasteiger charge is -2.37. The first-order valence-corrected chi connectivity index (χ1v) is 14.5. The lowest BCUT2D eigenvalue weighted by Crippen LogP contribution is -2.37. The highest BCUT2D eigenvalue weighted by Crippen LogP contribution is 2.44. The predicted octanol–water partition coefficient (Wildman–Crippen LogP) is 6.56. The van der Waals surface area contributed by atoms with Crippen LogP contribution in [0, 0.1) is 17.8 Å². The molecule has 3 radical (unpaired) electrons. The normalized spacial score (nSPS) is 25.4. The van der Waals surface area contributed by atoms with Gasteiger partial charge in [0.05, 0.1) is 5.92 Å². The fraction of sp³-hybridized carbons (Fsp3) is 0.957. The van der Waals surface area contributed by atoms with Crippen molar-refractivity contribution in [2.24, 2.45) is 17.8 Å². The van der Waals surface area contributed by atoms with Crippen LogP contribution in [0.3, 0.4) is 0 Å². The predicted molar refractivity (Wildman–Crippen MR) is 120 cm³/mol. The highest BCUT2D eigenvalue weighted by molar-refractivity contribution is 6.57. The third kappa shape index (κ3) is 8.31. The van der Waals surface area contributed by atoms with Crippen LogP contribution in [-0.4, -0.2) is 30.9 Å². The molecule has 28 heavy (non-hydrogen) atoms. The minimum Gasteiger partial charge on any atom is -0.517 e. The maximum Gasteiger partial charge on any atom is 0.295 e. The van der Waals surface area contributed by atoms with Gasteiger partial charge in [0.1, 0.15) is 0 Å². The van der Waals surface area contributed by atoms with Gasteiger partial charge in [-0.05, 0) is 74.9 Å². The largest absolute Gasteiger partial charge is 0.517 e. The Labute approximate surface area is 178 Å². The monoisotopic (exact) mass is 423 g/mol. The Hall–Kier alpha value is -0.136. The first kappa shape index (κ1) is 24.1. The van der Waals surface area contributed by atoms with Gasteiger partial charge in [-0.2, -0.15) is 0 Å². The second kappa shape index (κ2) is 12.5. The molecule has 0 aromatic rings. The molecule has 2 aliphatic carbocycles. The van der Waals surface area contributed by atoms with E-state index in [1.807, 2.05) is 6.92 Å². The topological polar surface area (TPSA) is 35.5 Å². The molecule has 0 saturated heterocycles. The van der Waals surface area contributed by atoms with Crippen molar-refractivity contribution in [2.75, 3.05) is 0 Å². The fourth-order valence-corrected chi connectivity index (χ4v) is 9.04. The van der Waals surface area contributed by atoms with Crippen LogP contribution in [0.5, 0.6) is 0 Å². The van der Waals surface area contributed by atoms with E-state index in [-0.39, 0.29) is 18.0 Å². The third-order valence-corrected chi connectivity index (χ3v) is 11.0. The highest BCUT2D eigenvalue weighted by Gasteiger charge is 2.40. The van der Waals surface area contributed by atoms with Crippen molar-refractivity contribution < 1.29 is 13.6 Å². The van der Waals surface area contributed by atoms with Crippen molar-refractivity contribution in [3.8, 4) is 0 Å². The number of hydrogen-bond acceptors (Lipinski definition) is 3. The molecular formula is C23H43O3Si2. The summed E-state index contributed by atoms with van der Waals surface area (Å²) in [6.07, 6.45) is 13.5. The van der Waals surface area contributed by atoms with E-state index in [0.717, 1.165) is 17.9 Å². The minimum absolute atomic E-state index is 0.0297. The molecule has 0 aromatic heterocycles. The van der Waals surface area contributed by atoms with Crippen molar-refractivity contribution in [1.82, 2.24) is 0 Å². The van der Waals surface area contributed by atoms with Gasteiger partial charge in [-0.3, -0.25) is 4.79 Å². The summed E-state index contributed by atoms with van der Waals surface area (Å²) < 4.78 is 12.0. The Morgan fingerprint density at radius 1 is 0.929 bits per heavy atom. The molecule has 0 aliphatic heterocycles. The van der Waals surface area contributed by atoms with Crippen molar-refractivity contribution in [1.29, 1.82) is 0 Å². The van der Waals surface area contributed by atoms with Crippen LogP contribution in [0.1, 0.15) is 98.8 Å². The van der Waals surface area contributed by atoms with Gasteiger partial charge in [-0.25, -0.2) is 0 Å². The van der Waals surface area contributed by atoms with Crippen molar-refractivity contribution >= 4 is 24.8 Å². The molecule has 3 nitrogen and oxygen atoms in total. The summed E-state index contributed by atoms with van der Waals surface area (Å²) in [5.74, 6) is 1.73. The maximum absolute atomic E-state index is 12.9. The van der Waals surface area contributed by atoms with Gasteiger partial charge in [0.2, 0.25) is 9.76 Å². The Kier molecular flexibility index (Phi) is 10.8. The quantitative estimate of drug-likeness (QED) is 0.373. The summed E-state index contributed by atoms with van der Waals surface area (Å²) in [5.41, 5.74) is 1.37. The molecule has 2 saturated carbocycles. The lowest BCUT2D eigenvalue weighted by atomic mass is 9.83. The van der Waals surface area contributed by atoms with Crippen molar-refractivity contribution in [3.05, 3.63) is 0 Å². The van der Waals surface area contributed by atoms with Crippen molar-refractivity contribution in [3.63, 3.8) is 0 Å². The van der Waals surface area contributed by atoms with Crippen LogP contribution in [0.2, 0.25) is 17.1 Å². The van der Waals surface area contributed by atoms with E-state index in [0.29, 0.717) is 20.8 Å². The van der Waals surface area contributed by atoms with Crippen LogP contribution in [0.15, 0.2) is 0 Å². The Morgan fingerprint density at radius 3 is 2.11 bits per heavy atom. The number of carbonyl (C=O) groups is 1. The SMILES string of the molecule is CC(C)CC1CCC([Si](OC(=O)C(C)C[Si]OC(C)C)C2CCCCC2)CC1. The molecule has 0 spiro atoms. The first-order chi connectivity index (χ1) is 13.4. The molecule has 2 fully saturated rings. The second-order valence-electron chi connectivity index (χ2n) is 9.92. The van der Waals surface area contributed by atoms with E-state index in [2.05, 4.69) is 27.7 Å². The zero-order chi connectivity index (χ0) is 20.5. The maximum atomic E-state index is 12.9. The number of carbonyl (C=O) groups excluding carboxylic acids is 1. The Morgan fingerprint density at radius 2 is 1.54 bits per heavy atom. The van der Waals surface area contributed by atoms with Gasteiger partial charge in [0, 0.05) is 6.10 Å². The Bertz CT molecular complexity index is 441. The van der Waals surface area contributed by atoms with E-state index in [1.54, 1.807) is 0 Å². The molecule has 1 unspecified atom stereocenters. The summed E-state index contributed by atoms with van der Waals surface area (Å²) >= 11 is 0. The lowest BCUT2D eigenvalue weighted by molar-refractivity contribution is -0.138. The van der Waals surface area contributed by atoms with Crippen LogP contribution in [0.4, 0.5) is 0 Å². The third-order valence-electron chi connectivity index (χ3n) is 6.39. The van der Waals surface area contributed by atoms with Crippen LogP contribution < -0.4 is 0 Å². The average Bonchev–Trinajstić information content (AvgIpc) is 2.66. The standard InChI is InChI=1S/C23H43O3Si2/c1-17(2)15-20-11-13-22(14-12-20)28(21-9-7-6-8-10-21)26-23(24)19(5)16-27-25-18(3)4/h17-22H,6-16H2,1-5H3. The molecule has 5 heteroatoms. The van der Waals surface area contributed by atoms with Crippen LogP contribution >= 0.6 is 0 Å². The van der Waals surface area contributed by atoms with Crippen LogP contribution in [-0.2, 0) is 13.6 Å². The van der Waals surface area contributed by atoms with Gasteiger partial charge >= 0.3 is 0 Å². The highest BCUT2D eigenvalue weighted by atomic mass is 28.3. The van der Waals surface area contributed by atoms with E-state index in [4.69, 9.17) is 8.85 Å². The smallest absolute Gasteiger partial charge is 0.295 e. The molecule has 2 rings (SSSR count). The fourth-order valence-electron chi connectivity index (χ4n) is 4.88. The minimum atomic E-state index is -1.07. The van der Waals surface area contributed by atoms with Gasteiger partial charge in [-0.15, -0.1) is 0 Å². The molecule has 0 amide bonds. The molecule has 2 aliphatic rings. The second-order valence-corrected chi connectivity index (χ2v) is 13.5. The molecule has 0 bridgehead atoms.